The first-order valence-electron chi connectivity index (χ1n) is 5.59. The zero-order chi connectivity index (χ0) is 14.6. The van der Waals surface area contributed by atoms with Gasteiger partial charge in [-0.05, 0) is 24.6 Å². The SMILES string of the molecule is CCCN(CC(F)(F)F)c1ccc(Cl)cc1C(=O)O. The summed E-state index contributed by atoms with van der Waals surface area (Å²) in [6.07, 6.45) is -3.93. The number of halogens is 4. The average Bonchev–Trinajstić information content (AvgIpc) is 2.26. The molecule has 0 saturated carbocycles. The second-order valence-corrected chi connectivity index (χ2v) is 4.44. The number of hydrogen-bond acceptors (Lipinski definition) is 2. The van der Waals surface area contributed by atoms with E-state index in [0.717, 1.165) is 11.0 Å². The number of benzene rings is 1. The molecule has 0 atom stereocenters. The van der Waals surface area contributed by atoms with Crippen LogP contribution >= 0.6 is 11.6 Å². The maximum atomic E-state index is 12.5. The Morgan fingerprint density at radius 3 is 2.53 bits per heavy atom. The van der Waals surface area contributed by atoms with Gasteiger partial charge in [0.05, 0.1) is 11.3 Å². The summed E-state index contributed by atoms with van der Waals surface area (Å²) in [6, 6.07) is 3.83. The fraction of sp³-hybridized carbons (Fsp3) is 0.417. The van der Waals surface area contributed by atoms with Gasteiger partial charge in [0.1, 0.15) is 6.54 Å². The van der Waals surface area contributed by atoms with Gasteiger partial charge in [0.2, 0.25) is 0 Å². The highest BCUT2D eigenvalue weighted by Gasteiger charge is 2.32. The lowest BCUT2D eigenvalue weighted by Gasteiger charge is -2.26. The second kappa shape index (κ2) is 6.14. The quantitative estimate of drug-likeness (QED) is 0.898. The minimum atomic E-state index is -4.40. The van der Waals surface area contributed by atoms with Crippen LogP contribution in [0.1, 0.15) is 23.7 Å². The van der Waals surface area contributed by atoms with Gasteiger partial charge >= 0.3 is 12.1 Å². The molecule has 0 amide bonds. The zero-order valence-corrected chi connectivity index (χ0v) is 10.9. The van der Waals surface area contributed by atoms with Gasteiger partial charge in [-0.3, -0.25) is 0 Å². The molecule has 0 aliphatic heterocycles. The Morgan fingerprint density at radius 1 is 1.42 bits per heavy atom. The van der Waals surface area contributed by atoms with Crippen LogP contribution in [0.4, 0.5) is 18.9 Å². The molecule has 106 valence electrons. The number of anilines is 1. The van der Waals surface area contributed by atoms with E-state index in [1.807, 2.05) is 0 Å². The van der Waals surface area contributed by atoms with Crippen molar-refractivity contribution in [1.29, 1.82) is 0 Å². The van der Waals surface area contributed by atoms with Crippen molar-refractivity contribution in [3.63, 3.8) is 0 Å². The van der Waals surface area contributed by atoms with Crippen molar-refractivity contribution in [2.24, 2.45) is 0 Å². The van der Waals surface area contributed by atoms with E-state index in [2.05, 4.69) is 0 Å². The van der Waals surface area contributed by atoms with Crippen LogP contribution in [-0.4, -0.2) is 30.3 Å². The van der Waals surface area contributed by atoms with Crippen molar-refractivity contribution in [1.82, 2.24) is 0 Å². The largest absolute Gasteiger partial charge is 0.478 e. The normalized spacial score (nSPS) is 11.4. The van der Waals surface area contributed by atoms with Crippen molar-refractivity contribution in [3.8, 4) is 0 Å². The van der Waals surface area contributed by atoms with E-state index in [1.165, 1.54) is 12.1 Å². The molecule has 7 heteroatoms. The first-order valence-corrected chi connectivity index (χ1v) is 5.97. The summed E-state index contributed by atoms with van der Waals surface area (Å²) >= 11 is 5.67. The summed E-state index contributed by atoms with van der Waals surface area (Å²) in [5, 5.41) is 9.21. The van der Waals surface area contributed by atoms with E-state index in [0.29, 0.717) is 6.42 Å². The number of carbonyl (C=O) groups is 1. The Kier molecular flexibility index (Phi) is 5.05. The monoisotopic (exact) mass is 295 g/mol. The number of carboxylic acid groups (broad SMARTS) is 1. The molecule has 0 spiro atoms. The smallest absolute Gasteiger partial charge is 0.405 e. The highest BCUT2D eigenvalue weighted by molar-refractivity contribution is 6.31. The standard InChI is InChI=1S/C12H13ClF3NO2/c1-2-5-17(7-12(14,15)16)10-4-3-8(13)6-9(10)11(18)19/h3-4,6H,2,5,7H2,1H3,(H,18,19). The summed E-state index contributed by atoms with van der Waals surface area (Å²) in [4.78, 5) is 12.1. The summed E-state index contributed by atoms with van der Waals surface area (Å²) in [5.41, 5.74) is -0.207. The van der Waals surface area contributed by atoms with Crippen LogP contribution in [-0.2, 0) is 0 Å². The van der Waals surface area contributed by atoms with Gasteiger partial charge in [0.15, 0.2) is 0 Å². The maximum absolute atomic E-state index is 12.5. The predicted molar refractivity (Wildman–Crippen MR) is 67.0 cm³/mol. The average molecular weight is 296 g/mol. The number of rotatable bonds is 5. The summed E-state index contributed by atoms with van der Waals surface area (Å²) in [5.74, 6) is -1.30. The van der Waals surface area contributed by atoms with Crippen molar-refractivity contribution in [2.75, 3.05) is 18.0 Å². The number of hydrogen-bond donors (Lipinski definition) is 1. The molecule has 0 heterocycles. The van der Waals surface area contributed by atoms with Crippen LogP contribution in [0.2, 0.25) is 5.02 Å². The van der Waals surface area contributed by atoms with Gasteiger partial charge in [-0.2, -0.15) is 13.2 Å². The molecule has 1 aromatic carbocycles. The minimum absolute atomic E-state index is 0.0241. The van der Waals surface area contributed by atoms with Crippen LogP contribution in [0.25, 0.3) is 0 Å². The van der Waals surface area contributed by atoms with Crippen molar-refractivity contribution >= 4 is 23.3 Å². The molecular weight excluding hydrogens is 283 g/mol. The lowest BCUT2D eigenvalue weighted by atomic mass is 10.1. The van der Waals surface area contributed by atoms with Gasteiger partial charge in [0.25, 0.3) is 0 Å². The molecule has 0 aliphatic carbocycles. The summed E-state index contributed by atoms with van der Waals surface area (Å²) in [7, 11) is 0. The molecule has 0 bridgehead atoms. The molecule has 0 aromatic heterocycles. The minimum Gasteiger partial charge on any atom is -0.478 e. The Labute approximate surface area is 113 Å². The van der Waals surface area contributed by atoms with Gasteiger partial charge in [0, 0.05) is 11.6 Å². The molecule has 0 saturated heterocycles. The summed E-state index contributed by atoms with van der Waals surface area (Å²) in [6.45, 7) is 0.643. The molecule has 1 aromatic rings. The van der Waals surface area contributed by atoms with Crippen LogP contribution in [0.15, 0.2) is 18.2 Å². The van der Waals surface area contributed by atoms with Crippen molar-refractivity contribution in [3.05, 3.63) is 28.8 Å². The zero-order valence-electron chi connectivity index (χ0n) is 10.2. The van der Waals surface area contributed by atoms with E-state index in [1.54, 1.807) is 6.92 Å². The van der Waals surface area contributed by atoms with E-state index in [-0.39, 0.29) is 22.8 Å². The Balaban J connectivity index is 3.18. The van der Waals surface area contributed by atoms with Crippen molar-refractivity contribution < 1.29 is 23.1 Å². The first-order chi connectivity index (χ1) is 8.74. The highest BCUT2D eigenvalue weighted by atomic mass is 35.5. The fourth-order valence-corrected chi connectivity index (χ4v) is 1.90. The second-order valence-electron chi connectivity index (χ2n) is 4.00. The van der Waals surface area contributed by atoms with Gasteiger partial charge < -0.3 is 10.0 Å². The molecule has 0 radical (unpaired) electrons. The number of alkyl halides is 3. The number of nitrogens with zero attached hydrogens (tertiary/aromatic N) is 1. The molecule has 19 heavy (non-hydrogen) atoms. The van der Waals surface area contributed by atoms with Gasteiger partial charge in [-0.1, -0.05) is 18.5 Å². The van der Waals surface area contributed by atoms with Crippen LogP contribution in [0.3, 0.4) is 0 Å². The van der Waals surface area contributed by atoms with E-state index >= 15 is 0 Å². The lowest BCUT2D eigenvalue weighted by Crippen LogP contribution is -2.35. The third kappa shape index (κ3) is 4.63. The molecule has 0 aliphatic rings. The van der Waals surface area contributed by atoms with Crippen LogP contribution < -0.4 is 4.90 Å². The fourth-order valence-electron chi connectivity index (χ4n) is 1.73. The molecule has 0 unspecified atom stereocenters. The maximum Gasteiger partial charge on any atom is 0.405 e. The third-order valence-corrected chi connectivity index (χ3v) is 2.63. The van der Waals surface area contributed by atoms with Gasteiger partial charge in [-0.15, -0.1) is 0 Å². The molecule has 1 rings (SSSR count). The van der Waals surface area contributed by atoms with Crippen LogP contribution in [0, 0.1) is 0 Å². The Bertz CT molecular complexity index is 463. The third-order valence-electron chi connectivity index (χ3n) is 2.39. The van der Waals surface area contributed by atoms with Crippen molar-refractivity contribution in [2.45, 2.75) is 19.5 Å². The highest BCUT2D eigenvalue weighted by Crippen LogP contribution is 2.28. The Morgan fingerprint density at radius 2 is 2.05 bits per heavy atom. The van der Waals surface area contributed by atoms with E-state index < -0.39 is 18.7 Å². The number of aromatic carboxylic acids is 1. The predicted octanol–water partition coefficient (Wildman–Crippen LogP) is 3.82. The topological polar surface area (TPSA) is 40.5 Å². The van der Waals surface area contributed by atoms with E-state index in [4.69, 9.17) is 16.7 Å². The number of carboxylic acids is 1. The molecular formula is C12H13ClF3NO2. The molecule has 1 N–H and O–H groups in total. The first kappa shape index (κ1) is 15.6. The van der Waals surface area contributed by atoms with Gasteiger partial charge in [-0.25, -0.2) is 4.79 Å². The molecule has 0 fully saturated rings. The lowest BCUT2D eigenvalue weighted by molar-refractivity contribution is -0.119. The summed E-state index contributed by atoms with van der Waals surface area (Å²) < 4.78 is 37.5. The molecule has 3 nitrogen and oxygen atoms in total. The van der Waals surface area contributed by atoms with Crippen LogP contribution in [0.5, 0.6) is 0 Å². The van der Waals surface area contributed by atoms with E-state index in [9.17, 15) is 18.0 Å². The Hall–Kier alpha value is -1.43.